The fourth-order valence-corrected chi connectivity index (χ4v) is 2.76. The van der Waals surface area contributed by atoms with Crippen LogP contribution in [0.2, 0.25) is 0 Å². The van der Waals surface area contributed by atoms with E-state index >= 15 is 0 Å². The first-order valence-corrected chi connectivity index (χ1v) is 9.54. The summed E-state index contributed by atoms with van der Waals surface area (Å²) in [5.74, 6) is -1.94. The topological polar surface area (TPSA) is 100 Å². The van der Waals surface area contributed by atoms with Gasteiger partial charge in [0.25, 0.3) is 5.69 Å². The fourth-order valence-electron chi connectivity index (χ4n) is 2.49. The van der Waals surface area contributed by atoms with Gasteiger partial charge >= 0.3 is 5.97 Å². The molecule has 8 nitrogen and oxygen atoms in total. The van der Waals surface area contributed by atoms with E-state index in [0.717, 1.165) is 19.5 Å². The van der Waals surface area contributed by atoms with Gasteiger partial charge in [0.05, 0.1) is 12.8 Å². The molecule has 0 aliphatic heterocycles. The lowest BCUT2D eigenvalue weighted by molar-refractivity contribution is -0.745. The first-order valence-electron chi connectivity index (χ1n) is 8.75. The summed E-state index contributed by atoms with van der Waals surface area (Å²) in [5.41, 5.74) is 0.811. The van der Waals surface area contributed by atoms with Crippen molar-refractivity contribution in [1.82, 2.24) is 10.0 Å². The molecular weight excluding hydrogens is 440 g/mol. The Morgan fingerprint density at radius 2 is 1.90 bits per heavy atom. The summed E-state index contributed by atoms with van der Waals surface area (Å²) in [6.07, 6.45) is 1.43. The molecule has 2 aromatic carbocycles. The molecule has 1 aromatic heterocycles. The van der Waals surface area contributed by atoms with Crippen molar-refractivity contribution < 1.29 is 24.1 Å². The number of carbonyl (C=O) groups is 2. The second-order valence-electron chi connectivity index (χ2n) is 5.90. The van der Waals surface area contributed by atoms with Crippen LogP contribution in [0.1, 0.15) is 33.3 Å². The molecule has 0 atom stereocenters. The minimum Gasteiger partial charge on any atom is -0.836 e. The third-order valence-corrected chi connectivity index (χ3v) is 4.41. The highest BCUT2D eigenvalue weighted by molar-refractivity contribution is 9.10. The van der Waals surface area contributed by atoms with Gasteiger partial charge in [0.1, 0.15) is 5.21 Å². The van der Waals surface area contributed by atoms with Gasteiger partial charge in [-0.1, -0.05) is 63.5 Å². The lowest BCUT2D eigenvalue weighted by atomic mass is 10.1. The van der Waals surface area contributed by atoms with Gasteiger partial charge in [-0.05, 0) is 29.4 Å². The van der Waals surface area contributed by atoms with Gasteiger partial charge in [-0.3, -0.25) is 4.79 Å². The Morgan fingerprint density at radius 3 is 2.55 bits per heavy atom. The van der Waals surface area contributed by atoms with Gasteiger partial charge in [0.2, 0.25) is 5.78 Å². The Labute approximate surface area is 175 Å². The van der Waals surface area contributed by atoms with Crippen molar-refractivity contribution in [2.75, 3.05) is 6.61 Å². The van der Waals surface area contributed by atoms with Crippen LogP contribution in [0, 0.1) is 0 Å². The Bertz CT molecular complexity index is 1050. The van der Waals surface area contributed by atoms with Crippen LogP contribution in [0.5, 0.6) is 5.88 Å². The Kier molecular flexibility index (Phi) is 6.50. The SMILES string of the molecule is CCOC(=O)c1c([O-])n(/N=C/c2ccccc2)n[n+]1CC(=O)c1ccc(Br)cc1. The summed E-state index contributed by atoms with van der Waals surface area (Å²) in [7, 11) is 0. The largest absolute Gasteiger partial charge is 0.836 e. The Balaban J connectivity index is 1.93. The molecule has 0 spiro atoms. The number of ketones is 1. The summed E-state index contributed by atoms with van der Waals surface area (Å²) in [5, 5.41) is 20.7. The molecule has 1 heterocycles. The maximum atomic E-state index is 12.6. The summed E-state index contributed by atoms with van der Waals surface area (Å²) in [6, 6.07) is 15.8. The molecule has 3 aromatic rings. The molecule has 29 heavy (non-hydrogen) atoms. The van der Waals surface area contributed by atoms with Gasteiger partial charge in [0.15, 0.2) is 12.4 Å². The van der Waals surface area contributed by atoms with Crippen LogP contribution < -0.4 is 9.79 Å². The molecule has 0 N–H and O–H groups in total. The third kappa shape index (κ3) is 4.94. The van der Waals surface area contributed by atoms with E-state index in [-0.39, 0.29) is 24.6 Å². The predicted octanol–water partition coefficient (Wildman–Crippen LogP) is 1.95. The molecule has 0 saturated carbocycles. The molecule has 3 rings (SSSR count). The van der Waals surface area contributed by atoms with Gasteiger partial charge in [0, 0.05) is 10.0 Å². The molecule has 9 heteroatoms. The number of nitrogens with zero attached hydrogens (tertiary/aromatic N) is 4. The molecule has 0 saturated heterocycles. The van der Waals surface area contributed by atoms with Crippen LogP contribution in [0.25, 0.3) is 0 Å². The van der Waals surface area contributed by atoms with E-state index in [1.165, 1.54) is 6.21 Å². The maximum Gasteiger partial charge on any atom is 0.383 e. The van der Waals surface area contributed by atoms with Crippen molar-refractivity contribution >= 4 is 33.9 Å². The Morgan fingerprint density at radius 1 is 1.21 bits per heavy atom. The number of ether oxygens (including phenoxy) is 1. The first kappa shape index (κ1) is 20.4. The molecule has 148 valence electrons. The van der Waals surface area contributed by atoms with Crippen molar-refractivity contribution in [3.63, 3.8) is 0 Å². The van der Waals surface area contributed by atoms with Crippen LogP contribution in [0.15, 0.2) is 64.2 Å². The van der Waals surface area contributed by atoms with Crippen molar-refractivity contribution in [3.05, 3.63) is 75.9 Å². The number of hydrogen-bond donors (Lipinski definition) is 0. The van der Waals surface area contributed by atoms with Crippen molar-refractivity contribution in [1.29, 1.82) is 0 Å². The Hall–Kier alpha value is -3.33. The number of aromatic nitrogens is 3. The van der Waals surface area contributed by atoms with Crippen LogP contribution in [0.3, 0.4) is 0 Å². The lowest BCUT2D eigenvalue weighted by Gasteiger charge is -2.03. The summed E-state index contributed by atoms with van der Waals surface area (Å²) in [4.78, 5) is 25.6. The average molecular weight is 457 g/mol. The van der Waals surface area contributed by atoms with E-state index in [4.69, 9.17) is 4.74 Å². The minimum absolute atomic E-state index is 0.0807. The lowest BCUT2D eigenvalue weighted by Crippen LogP contribution is -2.45. The monoisotopic (exact) mass is 456 g/mol. The number of esters is 1. The van der Waals surface area contributed by atoms with Crippen LogP contribution >= 0.6 is 15.9 Å². The quantitative estimate of drug-likeness (QED) is 0.234. The highest BCUT2D eigenvalue weighted by atomic mass is 79.9. The van der Waals surface area contributed by atoms with Gasteiger partial charge < -0.3 is 9.84 Å². The highest BCUT2D eigenvalue weighted by Crippen LogP contribution is 2.13. The zero-order valence-corrected chi connectivity index (χ0v) is 17.1. The molecule has 0 radical (unpaired) electrons. The molecule has 0 bridgehead atoms. The van der Waals surface area contributed by atoms with E-state index in [9.17, 15) is 14.7 Å². The van der Waals surface area contributed by atoms with Crippen LogP contribution in [-0.2, 0) is 11.3 Å². The number of Topliss-reactive ketones (excluding diaryl/α,β-unsaturated/α-hetero) is 1. The van der Waals surface area contributed by atoms with E-state index in [0.29, 0.717) is 5.56 Å². The standard InChI is InChI=1S/C20H17BrN4O4/c1-2-29-20(28)18-19(27)25(22-12-14-6-4-3-5-7-14)23-24(18)13-17(26)15-8-10-16(21)11-9-15/h3-12H,2,13H2,1H3/b22-12+. The molecule has 0 amide bonds. The number of rotatable bonds is 7. The second kappa shape index (κ2) is 9.24. The number of halogens is 1. The maximum absolute atomic E-state index is 12.6. The zero-order chi connectivity index (χ0) is 20.8. The van der Waals surface area contributed by atoms with E-state index < -0.39 is 11.8 Å². The zero-order valence-electron chi connectivity index (χ0n) is 15.5. The number of carbonyl (C=O) groups excluding carboxylic acids is 2. The van der Waals surface area contributed by atoms with E-state index in [2.05, 4.69) is 26.2 Å². The highest BCUT2D eigenvalue weighted by Gasteiger charge is 2.29. The molecule has 0 aliphatic rings. The van der Waals surface area contributed by atoms with Crippen molar-refractivity contribution in [3.8, 4) is 5.88 Å². The summed E-state index contributed by atoms with van der Waals surface area (Å²) < 4.78 is 6.80. The predicted molar refractivity (Wildman–Crippen MR) is 106 cm³/mol. The van der Waals surface area contributed by atoms with E-state index in [1.54, 1.807) is 43.3 Å². The smallest absolute Gasteiger partial charge is 0.383 e. The number of benzene rings is 2. The number of hydrogen-bond acceptors (Lipinski definition) is 6. The van der Waals surface area contributed by atoms with Gasteiger partial charge in [-0.2, -0.15) is 0 Å². The minimum atomic E-state index is -0.859. The fraction of sp³-hybridized carbons (Fsp3) is 0.150. The molecule has 0 unspecified atom stereocenters. The van der Waals surface area contributed by atoms with Crippen molar-refractivity contribution in [2.24, 2.45) is 5.10 Å². The average Bonchev–Trinajstić information content (AvgIpc) is 3.02. The normalized spacial score (nSPS) is 11.0. The molecule has 0 fully saturated rings. The molecule has 0 aliphatic carbocycles. The summed E-state index contributed by atoms with van der Waals surface area (Å²) in [6.45, 7) is 1.40. The third-order valence-electron chi connectivity index (χ3n) is 3.88. The second-order valence-corrected chi connectivity index (χ2v) is 6.81. The molecular formula is C20H17BrN4O4. The summed E-state index contributed by atoms with van der Waals surface area (Å²) >= 11 is 3.31. The van der Waals surface area contributed by atoms with Gasteiger partial charge in [-0.15, -0.1) is 4.68 Å². The van der Waals surface area contributed by atoms with E-state index in [1.807, 2.05) is 18.2 Å². The van der Waals surface area contributed by atoms with Crippen molar-refractivity contribution in [2.45, 2.75) is 13.5 Å². The van der Waals surface area contributed by atoms with Crippen LogP contribution in [-0.4, -0.2) is 34.6 Å². The van der Waals surface area contributed by atoms with Gasteiger partial charge in [-0.25, -0.2) is 4.79 Å². The first-order chi connectivity index (χ1) is 14.0. The van der Waals surface area contributed by atoms with Crippen LogP contribution in [0.4, 0.5) is 0 Å².